The fourth-order valence-electron chi connectivity index (χ4n) is 7.07. The average Bonchev–Trinajstić information content (AvgIpc) is 3.72. The number of hydrogen-bond acceptors (Lipinski definition) is 6. The van der Waals surface area contributed by atoms with Gasteiger partial charge >= 0.3 is 0 Å². The third kappa shape index (κ3) is 4.83. The summed E-state index contributed by atoms with van der Waals surface area (Å²) in [4.78, 5) is 40.9. The summed E-state index contributed by atoms with van der Waals surface area (Å²) in [6, 6.07) is 10.5. The first kappa shape index (κ1) is 27.8. The fraction of sp³-hybridized carbons (Fsp3) is 0.531. The van der Waals surface area contributed by atoms with Gasteiger partial charge in [-0.2, -0.15) is 0 Å². The topological polar surface area (TPSA) is 99.2 Å². The van der Waals surface area contributed by atoms with E-state index in [4.69, 9.17) is 4.74 Å². The monoisotopic (exact) mass is 563 g/mol. The first-order valence-electron chi connectivity index (χ1n) is 14.8. The third-order valence-corrected chi connectivity index (χ3v) is 9.80. The molecule has 3 heterocycles. The van der Waals surface area contributed by atoms with Gasteiger partial charge in [0.1, 0.15) is 23.2 Å². The van der Waals surface area contributed by atoms with Crippen LogP contribution in [0, 0.1) is 11.2 Å². The maximum Gasteiger partial charge on any atom is 0.255 e. The molecule has 0 spiro atoms. The number of benzene rings is 2. The lowest BCUT2D eigenvalue weighted by molar-refractivity contribution is -0.150. The Hall–Kier alpha value is -3.30. The normalized spacial score (nSPS) is 26.2. The highest BCUT2D eigenvalue weighted by Gasteiger charge is 2.54. The Morgan fingerprint density at radius 2 is 1.78 bits per heavy atom. The molecule has 6 rings (SSSR count). The van der Waals surface area contributed by atoms with Gasteiger partial charge < -0.3 is 14.7 Å². The molecule has 2 unspecified atom stereocenters. The SMILES string of the molecule is CCC1(CC)CN(Cc2ccc(OC3CC3)cc2)CCC1(O)c1ccc2c(c1F)CN(C1CCC(=O)NC1=O)C2=O. The van der Waals surface area contributed by atoms with Gasteiger partial charge in [0.25, 0.3) is 5.91 Å². The molecular formula is C32H38FN3O5. The lowest BCUT2D eigenvalue weighted by atomic mass is 9.61. The summed E-state index contributed by atoms with van der Waals surface area (Å²) >= 11 is 0. The molecule has 41 heavy (non-hydrogen) atoms. The minimum Gasteiger partial charge on any atom is -0.490 e. The Kier molecular flexibility index (Phi) is 7.14. The molecule has 2 saturated heterocycles. The minimum atomic E-state index is -1.42. The molecule has 9 heteroatoms. The summed E-state index contributed by atoms with van der Waals surface area (Å²) in [7, 11) is 0. The molecule has 2 N–H and O–H groups in total. The molecule has 0 bridgehead atoms. The van der Waals surface area contributed by atoms with Crippen molar-refractivity contribution in [1.82, 2.24) is 15.1 Å². The van der Waals surface area contributed by atoms with Crippen molar-refractivity contribution in [2.75, 3.05) is 13.1 Å². The standard InChI is InChI=1S/C32H38FN3O5/c1-3-31(4-2)19-35(17-20-5-7-21(8-6-20)41-22-9-10-22)16-15-32(31,40)25-12-11-23-24(28(25)33)18-36(30(23)39)26-13-14-27(37)34-29(26)38/h5-8,11-12,22,26,40H,3-4,9-10,13-19H2,1-2H3,(H,34,37,38). The van der Waals surface area contributed by atoms with E-state index in [0.717, 1.165) is 30.7 Å². The molecule has 2 atom stereocenters. The van der Waals surface area contributed by atoms with Gasteiger partial charge in [-0.25, -0.2) is 4.39 Å². The predicted octanol–water partition coefficient (Wildman–Crippen LogP) is 4.03. The van der Waals surface area contributed by atoms with Crippen LogP contribution in [0.15, 0.2) is 36.4 Å². The number of ether oxygens (including phenoxy) is 1. The van der Waals surface area contributed by atoms with Gasteiger partial charge in [-0.05, 0) is 62.3 Å². The molecule has 218 valence electrons. The number of nitrogens with one attached hydrogen (secondary N) is 1. The number of imide groups is 1. The lowest BCUT2D eigenvalue weighted by Crippen LogP contribution is -2.57. The van der Waals surface area contributed by atoms with Crippen LogP contribution >= 0.6 is 0 Å². The van der Waals surface area contributed by atoms with Gasteiger partial charge in [0.15, 0.2) is 0 Å². The van der Waals surface area contributed by atoms with Crippen molar-refractivity contribution >= 4 is 17.7 Å². The van der Waals surface area contributed by atoms with Gasteiger partial charge in [0.05, 0.1) is 12.6 Å². The predicted molar refractivity (Wildman–Crippen MR) is 149 cm³/mol. The molecule has 3 fully saturated rings. The molecule has 3 aliphatic heterocycles. The zero-order valence-corrected chi connectivity index (χ0v) is 23.7. The minimum absolute atomic E-state index is 0.0615. The highest BCUT2D eigenvalue weighted by Crippen LogP contribution is 2.52. The summed E-state index contributed by atoms with van der Waals surface area (Å²) < 4.78 is 22.2. The molecule has 2 aromatic rings. The van der Waals surface area contributed by atoms with Crippen molar-refractivity contribution in [2.24, 2.45) is 5.41 Å². The second kappa shape index (κ2) is 10.5. The van der Waals surface area contributed by atoms with Crippen LogP contribution in [0.1, 0.15) is 85.8 Å². The Balaban J connectivity index is 1.23. The van der Waals surface area contributed by atoms with Crippen LogP contribution in [0.5, 0.6) is 5.75 Å². The Morgan fingerprint density at radius 3 is 2.44 bits per heavy atom. The first-order chi connectivity index (χ1) is 19.7. The number of amides is 3. The van der Waals surface area contributed by atoms with Crippen LogP contribution in [0.2, 0.25) is 0 Å². The lowest BCUT2D eigenvalue weighted by Gasteiger charge is -2.54. The summed E-state index contributed by atoms with van der Waals surface area (Å²) in [5, 5.41) is 14.6. The molecule has 2 aromatic carbocycles. The van der Waals surface area contributed by atoms with Crippen LogP contribution < -0.4 is 10.1 Å². The average molecular weight is 564 g/mol. The number of carbonyl (C=O) groups excluding carboxylic acids is 3. The summed E-state index contributed by atoms with van der Waals surface area (Å²) in [5.74, 6) is -1.00. The van der Waals surface area contributed by atoms with Gasteiger partial charge in [-0.1, -0.05) is 32.0 Å². The number of hydrogen-bond donors (Lipinski definition) is 2. The number of nitrogens with zero attached hydrogens (tertiary/aromatic N) is 2. The number of halogens is 1. The molecular weight excluding hydrogens is 525 g/mol. The molecule has 1 aliphatic carbocycles. The number of carbonyl (C=O) groups is 3. The van der Waals surface area contributed by atoms with Crippen molar-refractivity contribution in [3.8, 4) is 5.75 Å². The van der Waals surface area contributed by atoms with E-state index in [0.29, 0.717) is 38.5 Å². The van der Waals surface area contributed by atoms with E-state index in [1.807, 2.05) is 26.0 Å². The second-order valence-corrected chi connectivity index (χ2v) is 12.1. The number of likely N-dealkylation sites (tertiary alicyclic amines) is 1. The maximum absolute atomic E-state index is 16.4. The highest BCUT2D eigenvalue weighted by molar-refractivity contribution is 6.05. The van der Waals surface area contributed by atoms with Gasteiger partial charge in [-0.3, -0.25) is 24.6 Å². The quantitative estimate of drug-likeness (QED) is 0.471. The van der Waals surface area contributed by atoms with Crippen molar-refractivity contribution in [3.63, 3.8) is 0 Å². The molecule has 3 amide bonds. The number of aliphatic hydroxyl groups is 1. The van der Waals surface area contributed by atoms with Crippen molar-refractivity contribution in [3.05, 3.63) is 64.5 Å². The van der Waals surface area contributed by atoms with Gasteiger partial charge in [0, 0.05) is 48.2 Å². The first-order valence-corrected chi connectivity index (χ1v) is 14.8. The van der Waals surface area contributed by atoms with E-state index >= 15 is 4.39 Å². The van der Waals surface area contributed by atoms with Crippen molar-refractivity contribution in [1.29, 1.82) is 0 Å². The van der Waals surface area contributed by atoms with Gasteiger partial charge in [-0.15, -0.1) is 0 Å². The van der Waals surface area contributed by atoms with Gasteiger partial charge in [0.2, 0.25) is 11.8 Å². The molecule has 4 aliphatic rings. The van der Waals surface area contributed by atoms with Crippen molar-refractivity contribution < 1.29 is 28.6 Å². The Bertz CT molecular complexity index is 1370. The third-order valence-electron chi connectivity index (χ3n) is 9.80. The van der Waals surface area contributed by atoms with Crippen LogP contribution in [-0.4, -0.2) is 57.9 Å². The van der Waals surface area contributed by atoms with E-state index < -0.39 is 34.7 Å². The largest absolute Gasteiger partial charge is 0.490 e. The van der Waals surface area contributed by atoms with Crippen LogP contribution in [0.3, 0.4) is 0 Å². The van der Waals surface area contributed by atoms with Crippen molar-refractivity contribution in [2.45, 2.75) is 89.6 Å². The van der Waals surface area contributed by atoms with Crippen LogP contribution in [0.4, 0.5) is 4.39 Å². The summed E-state index contributed by atoms with van der Waals surface area (Å²) in [6.45, 7) is 5.95. The maximum atomic E-state index is 16.4. The smallest absolute Gasteiger partial charge is 0.255 e. The molecule has 0 aromatic heterocycles. The van der Waals surface area contributed by atoms with E-state index in [9.17, 15) is 19.5 Å². The molecule has 0 radical (unpaired) electrons. The Labute approximate surface area is 239 Å². The number of fused-ring (bicyclic) bond motifs is 1. The number of piperidine rings is 2. The number of rotatable bonds is 8. The zero-order valence-electron chi connectivity index (χ0n) is 23.7. The second-order valence-electron chi connectivity index (χ2n) is 12.1. The van der Waals surface area contributed by atoms with E-state index in [1.54, 1.807) is 12.1 Å². The Morgan fingerprint density at radius 1 is 1.05 bits per heavy atom. The van der Waals surface area contributed by atoms with E-state index in [2.05, 4.69) is 22.3 Å². The molecule has 8 nitrogen and oxygen atoms in total. The zero-order chi connectivity index (χ0) is 28.9. The molecule has 1 saturated carbocycles. The van der Waals surface area contributed by atoms with Crippen LogP contribution in [-0.2, 0) is 28.3 Å². The van der Waals surface area contributed by atoms with E-state index in [1.165, 1.54) is 4.90 Å². The van der Waals surface area contributed by atoms with E-state index in [-0.39, 0.29) is 42.0 Å². The summed E-state index contributed by atoms with van der Waals surface area (Å²) in [6.07, 6.45) is 4.61. The fourth-order valence-corrected chi connectivity index (χ4v) is 7.07. The summed E-state index contributed by atoms with van der Waals surface area (Å²) in [5.41, 5.74) is -0.206. The van der Waals surface area contributed by atoms with Crippen LogP contribution in [0.25, 0.3) is 0 Å². The highest BCUT2D eigenvalue weighted by atomic mass is 19.1.